The van der Waals surface area contributed by atoms with Crippen molar-refractivity contribution in [1.29, 1.82) is 0 Å². The van der Waals surface area contributed by atoms with Crippen molar-refractivity contribution >= 4 is 45.4 Å². The molecule has 0 spiro atoms. The summed E-state index contributed by atoms with van der Waals surface area (Å²) in [4.78, 5) is 17.2. The standard InChI is InChI=1S/C17H14ClN3OS/c1-10-2-8-13(9-3-10)20-17-21-16(19)15(23-17)14(22)11-4-6-12(18)7-5-11/h2-9H,19H2,1H3,(H,20,21). The van der Waals surface area contributed by atoms with Crippen LogP contribution in [0.4, 0.5) is 16.6 Å². The highest BCUT2D eigenvalue weighted by Crippen LogP contribution is 2.30. The van der Waals surface area contributed by atoms with Crippen LogP contribution in [0, 0.1) is 6.92 Å². The number of thiazole rings is 1. The van der Waals surface area contributed by atoms with E-state index in [0.29, 0.717) is 20.6 Å². The van der Waals surface area contributed by atoms with E-state index in [1.165, 1.54) is 16.9 Å². The smallest absolute Gasteiger partial charge is 0.206 e. The zero-order valence-electron chi connectivity index (χ0n) is 12.3. The Balaban J connectivity index is 1.84. The van der Waals surface area contributed by atoms with Crippen molar-refractivity contribution in [2.24, 2.45) is 0 Å². The number of aromatic nitrogens is 1. The lowest BCUT2D eigenvalue weighted by Gasteiger charge is -2.02. The minimum absolute atomic E-state index is 0.159. The molecule has 0 fully saturated rings. The summed E-state index contributed by atoms with van der Waals surface area (Å²) >= 11 is 7.08. The molecule has 4 nitrogen and oxygen atoms in total. The number of hydrogen-bond donors (Lipinski definition) is 2. The Morgan fingerprint density at radius 2 is 1.78 bits per heavy atom. The number of carbonyl (C=O) groups is 1. The Kier molecular flexibility index (Phi) is 4.32. The third-order valence-corrected chi connectivity index (χ3v) is 4.51. The van der Waals surface area contributed by atoms with Gasteiger partial charge in [-0.05, 0) is 43.3 Å². The molecule has 1 heterocycles. The Bertz CT molecular complexity index is 841. The van der Waals surface area contributed by atoms with Crippen LogP contribution in [-0.4, -0.2) is 10.8 Å². The lowest BCUT2D eigenvalue weighted by atomic mass is 10.1. The number of rotatable bonds is 4. The monoisotopic (exact) mass is 343 g/mol. The van der Waals surface area contributed by atoms with Crippen molar-refractivity contribution in [3.05, 3.63) is 69.6 Å². The van der Waals surface area contributed by atoms with Crippen LogP contribution in [0.5, 0.6) is 0 Å². The fourth-order valence-corrected chi connectivity index (χ4v) is 3.03. The van der Waals surface area contributed by atoms with E-state index in [0.717, 1.165) is 5.69 Å². The second-order valence-corrected chi connectivity index (χ2v) is 6.50. The van der Waals surface area contributed by atoms with Gasteiger partial charge < -0.3 is 11.1 Å². The molecule has 0 aliphatic heterocycles. The normalized spacial score (nSPS) is 10.5. The second-order valence-electron chi connectivity index (χ2n) is 5.06. The first kappa shape index (κ1) is 15.5. The summed E-state index contributed by atoms with van der Waals surface area (Å²) in [6.07, 6.45) is 0. The molecule has 3 aromatic rings. The minimum Gasteiger partial charge on any atom is -0.382 e. The molecule has 3 rings (SSSR count). The van der Waals surface area contributed by atoms with Gasteiger partial charge in [-0.25, -0.2) is 4.98 Å². The van der Waals surface area contributed by atoms with E-state index >= 15 is 0 Å². The van der Waals surface area contributed by atoms with Crippen molar-refractivity contribution in [3.8, 4) is 0 Å². The predicted molar refractivity (Wildman–Crippen MR) is 95.9 cm³/mol. The molecule has 0 amide bonds. The molecule has 0 atom stereocenters. The fraction of sp³-hybridized carbons (Fsp3) is 0.0588. The third-order valence-electron chi connectivity index (χ3n) is 3.27. The zero-order valence-corrected chi connectivity index (χ0v) is 13.9. The molecule has 3 N–H and O–H groups in total. The van der Waals surface area contributed by atoms with Gasteiger partial charge >= 0.3 is 0 Å². The Labute approximate surface area is 142 Å². The summed E-state index contributed by atoms with van der Waals surface area (Å²) in [7, 11) is 0. The van der Waals surface area contributed by atoms with E-state index in [1.807, 2.05) is 31.2 Å². The highest BCUT2D eigenvalue weighted by Gasteiger charge is 2.18. The maximum absolute atomic E-state index is 12.5. The number of halogens is 1. The number of nitrogens with zero attached hydrogens (tertiary/aromatic N) is 1. The fourth-order valence-electron chi connectivity index (χ4n) is 2.04. The van der Waals surface area contributed by atoms with Crippen LogP contribution in [-0.2, 0) is 0 Å². The molecule has 116 valence electrons. The summed E-state index contributed by atoms with van der Waals surface area (Å²) in [6.45, 7) is 2.02. The first-order valence-electron chi connectivity index (χ1n) is 6.93. The number of ketones is 1. The van der Waals surface area contributed by atoms with Gasteiger partial charge in [-0.2, -0.15) is 0 Å². The van der Waals surface area contributed by atoms with Crippen LogP contribution in [0.25, 0.3) is 0 Å². The SMILES string of the molecule is Cc1ccc(Nc2nc(N)c(C(=O)c3ccc(Cl)cc3)s2)cc1. The Morgan fingerprint density at radius 3 is 2.43 bits per heavy atom. The number of nitrogens with one attached hydrogen (secondary N) is 1. The Morgan fingerprint density at radius 1 is 1.13 bits per heavy atom. The summed E-state index contributed by atoms with van der Waals surface area (Å²) < 4.78 is 0. The molecule has 6 heteroatoms. The summed E-state index contributed by atoms with van der Waals surface area (Å²) in [5, 5.41) is 4.33. The van der Waals surface area contributed by atoms with Crippen molar-refractivity contribution in [3.63, 3.8) is 0 Å². The quantitative estimate of drug-likeness (QED) is 0.676. The van der Waals surface area contributed by atoms with Gasteiger partial charge in [0.2, 0.25) is 5.78 Å². The lowest BCUT2D eigenvalue weighted by Crippen LogP contribution is -2.02. The number of carbonyl (C=O) groups excluding carboxylic acids is 1. The third kappa shape index (κ3) is 3.52. The van der Waals surface area contributed by atoms with E-state index < -0.39 is 0 Å². The molecule has 0 unspecified atom stereocenters. The summed E-state index contributed by atoms with van der Waals surface area (Å²) in [6, 6.07) is 14.6. The first-order chi connectivity index (χ1) is 11.0. The van der Waals surface area contributed by atoms with Crippen molar-refractivity contribution < 1.29 is 4.79 Å². The van der Waals surface area contributed by atoms with Crippen molar-refractivity contribution in [1.82, 2.24) is 4.98 Å². The van der Waals surface area contributed by atoms with Crippen molar-refractivity contribution in [2.75, 3.05) is 11.1 Å². The molecule has 0 radical (unpaired) electrons. The number of aryl methyl sites for hydroxylation is 1. The topological polar surface area (TPSA) is 68.0 Å². The first-order valence-corrected chi connectivity index (χ1v) is 8.12. The Hall–Kier alpha value is -2.37. The highest BCUT2D eigenvalue weighted by atomic mass is 35.5. The molecular weight excluding hydrogens is 330 g/mol. The largest absolute Gasteiger partial charge is 0.382 e. The van der Waals surface area contributed by atoms with Gasteiger partial charge in [0.25, 0.3) is 0 Å². The van der Waals surface area contributed by atoms with Gasteiger partial charge in [0.1, 0.15) is 10.7 Å². The predicted octanol–water partition coefficient (Wildman–Crippen LogP) is 4.66. The van der Waals surface area contributed by atoms with Gasteiger partial charge in [0.15, 0.2) is 5.13 Å². The zero-order chi connectivity index (χ0) is 16.4. The van der Waals surface area contributed by atoms with E-state index in [9.17, 15) is 4.79 Å². The van der Waals surface area contributed by atoms with E-state index in [-0.39, 0.29) is 11.6 Å². The van der Waals surface area contributed by atoms with Crippen LogP contribution < -0.4 is 11.1 Å². The van der Waals surface area contributed by atoms with Gasteiger partial charge in [0.05, 0.1) is 0 Å². The van der Waals surface area contributed by atoms with E-state index in [4.69, 9.17) is 17.3 Å². The van der Waals surface area contributed by atoms with Gasteiger partial charge in [0, 0.05) is 16.3 Å². The molecule has 0 saturated heterocycles. The highest BCUT2D eigenvalue weighted by molar-refractivity contribution is 7.18. The second kappa shape index (κ2) is 6.40. The molecule has 23 heavy (non-hydrogen) atoms. The van der Waals surface area contributed by atoms with Gasteiger partial charge in [-0.15, -0.1) is 0 Å². The van der Waals surface area contributed by atoms with E-state index in [1.54, 1.807) is 24.3 Å². The molecule has 0 aliphatic carbocycles. The number of nitrogen functional groups attached to an aromatic ring is 1. The number of benzene rings is 2. The maximum Gasteiger partial charge on any atom is 0.206 e. The number of nitrogens with two attached hydrogens (primary N) is 1. The minimum atomic E-state index is -0.159. The molecule has 2 aromatic carbocycles. The summed E-state index contributed by atoms with van der Waals surface area (Å²) in [5.41, 5.74) is 8.51. The van der Waals surface area contributed by atoms with Crippen LogP contribution in [0.3, 0.4) is 0 Å². The molecule has 0 aliphatic rings. The van der Waals surface area contributed by atoms with Crippen LogP contribution in [0.15, 0.2) is 48.5 Å². The molecule has 1 aromatic heterocycles. The average Bonchev–Trinajstić information content (AvgIpc) is 2.90. The van der Waals surface area contributed by atoms with Crippen LogP contribution in [0.2, 0.25) is 5.02 Å². The molecular formula is C17H14ClN3OS. The molecule has 0 bridgehead atoms. The summed E-state index contributed by atoms with van der Waals surface area (Å²) in [5.74, 6) is 0.0678. The maximum atomic E-state index is 12.5. The lowest BCUT2D eigenvalue weighted by molar-refractivity contribution is 0.104. The van der Waals surface area contributed by atoms with E-state index in [2.05, 4.69) is 10.3 Å². The van der Waals surface area contributed by atoms with Crippen LogP contribution in [0.1, 0.15) is 20.8 Å². The molecule has 0 saturated carbocycles. The van der Waals surface area contributed by atoms with Crippen LogP contribution >= 0.6 is 22.9 Å². The average molecular weight is 344 g/mol. The number of anilines is 3. The van der Waals surface area contributed by atoms with Crippen molar-refractivity contribution in [2.45, 2.75) is 6.92 Å². The van der Waals surface area contributed by atoms with Gasteiger partial charge in [-0.3, -0.25) is 4.79 Å². The van der Waals surface area contributed by atoms with Gasteiger partial charge in [-0.1, -0.05) is 40.6 Å². The number of hydrogen-bond acceptors (Lipinski definition) is 5.